The second kappa shape index (κ2) is 15.4. The monoisotopic (exact) mass is 900 g/mol. The van der Waals surface area contributed by atoms with Gasteiger partial charge in [0.05, 0.1) is 16.4 Å². The summed E-state index contributed by atoms with van der Waals surface area (Å²) in [4.78, 5) is 2.48. The Morgan fingerprint density at radius 2 is 0.676 bits per heavy atom. The molecule has 0 saturated carbocycles. The molecule has 0 fully saturated rings. The lowest BCUT2D eigenvalue weighted by molar-refractivity contribution is 0.793. The van der Waals surface area contributed by atoms with Gasteiger partial charge in [0.25, 0.3) is 0 Å². The Hall–Kier alpha value is -9.24. The summed E-state index contributed by atoms with van der Waals surface area (Å²) in [5.74, 6) is 0. The molecule has 0 unspecified atom stereocenters. The molecule has 2 nitrogen and oxygen atoms in total. The van der Waals surface area contributed by atoms with Gasteiger partial charge in [0, 0.05) is 33.5 Å². The van der Waals surface area contributed by atoms with Crippen molar-refractivity contribution < 1.29 is 0 Å². The van der Waals surface area contributed by atoms with Gasteiger partial charge < -0.3 is 9.47 Å². The van der Waals surface area contributed by atoms with Gasteiger partial charge in [-0.25, -0.2) is 0 Å². The molecule has 0 amide bonds. The fourth-order valence-electron chi connectivity index (χ4n) is 12.8. The molecular weight excluding hydrogens is 857 g/mol. The highest BCUT2D eigenvalue weighted by atomic mass is 15.1. The SMILES string of the molecule is c1ccc(-c2c3ccccc3c(-c3ccc(N(c4ccc5c(c4)C4(c6ccccc6-c6ccccc64)c4ccccc4-5)c4ccc5c(c4)c4ccccc4n5-c4ccccc4)cc3)c3ccccc23)cc1. The second-order valence-electron chi connectivity index (χ2n) is 19.1. The first-order chi connectivity index (χ1) is 35.3. The molecule has 0 atom stereocenters. The zero-order chi connectivity index (χ0) is 46.6. The molecule has 2 heteroatoms. The van der Waals surface area contributed by atoms with Gasteiger partial charge in [0.2, 0.25) is 0 Å². The van der Waals surface area contributed by atoms with Crippen molar-refractivity contribution in [3.05, 3.63) is 289 Å². The van der Waals surface area contributed by atoms with Crippen LogP contribution in [-0.4, -0.2) is 4.57 Å². The smallest absolute Gasteiger partial charge is 0.0726 e. The zero-order valence-electron chi connectivity index (χ0n) is 38.8. The van der Waals surface area contributed by atoms with E-state index in [0.29, 0.717) is 0 Å². The van der Waals surface area contributed by atoms with E-state index in [0.717, 1.165) is 22.7 Å². The summed E-state index contributed by atoms with van der Waals surface area (Å²) in [5, 5.41) is 7.44. The molecule has 0 bridgehead atoms. The minimum absolute atomic E-state index is 0.467. The highest BCUT2D eigenvalue weighted by Gasteiger charge is 2.51. The number of hydrogen-bond donors (Lipinski definition) is 0. The lowest BCUT2D eigenvalue weighted by Gasteiger charge is -2.32. The molecular formula is C69H44N2. The van der Waals surface area contributed by atoms with Gasteiger partial charge in [-0.15, -0.1) is 0 Å². The van der Waals surface area contributed by atoms with Gasteiger partial charge in [-0.2, -0.15) is 0 Å². The van der Waals surface area contributed by atoms with Crippen LogP contribution in [0.2, 0.25) is 0 Å². The average molecular weight is 901 g/mol. The van der Waals surface area contributed by atoms with Crippen LogP contribution >= 0.6 is 0 Å². The minimum atomic E-state index is -0.467. The maximum atomic E-state index is 2.50. The van der Waals surface area contributed by atoms with Crippen LogP contribution in [0.25, 0.3) is 93.5 Å². The number of nitrogens with zero attached hydrogens (tertiary/aromatic N) is 2. The van der Waals surface area contributed by atoms with Crippen molar-refractivity contribution in [2.75, 3.05) is 4.90 Å². The molecule has 0 aliphatic heterocycles. The molecule has 71 heavy (non-hydrogen) atoms. The maximum absolute atomic E-state index is 2.50. The third-order valence-electron chi connectivity index (χ3n) is 15.6. The molecule has 0 N–H and O–H groups in total. The van der Waals surface area contributed by atoms with Gasteiger partial charge in [-0.3, -0.25) is 0 Å². The first kappa shape index (κ1) is 39.7. The van der Waals surface area contributed by atoms with E-state index in [1.54, 1.807) is 0 Å². The lowest BCUT2D eigenvalue weighted by Crippen LogP contribution is -2.26. The lowest BCUT2D eigenvalue weighted by atomic mass is 9.70. The van der Waals surface area contributed by atoms with Crippen molar-refractivity contribution in [3.8, 4) is 50.2 Å². The molecule has 12 aromatic carbocycles. The number of anilines is 3. The van der Waals surface area contributed by atoms with Crippen LogP contribution in [0.1, 0.15) is 22.3 Å². The molecule has 13 aromatic rings. The fraction of sp³-hybridized carbons (Fsp3) is 0.0145. The van der Waals surface area contributed by atoms with E-state index in [2.05, 4.69) is 276 Å². The molecule has 2 aliphatic rings. The van der Waals surface area contributed by atoms with E-state index in [-0.39, 0.29) is 0 Å². The third-order valence-corrected chi connectivity index (χ3v) is 15.6. The highest BCUT2D eigenvalue weighted by Crippen LogP contribution is 2.63. The van der Waals surface area contributed by atoms with E-state index >= 15 is 0 Å². The van der Waals surface area contributed by atoms with Gasteiger partial charge in [0.1, 0.15) is 0 Å². The predicted molar refractivity (Wildman–Crippen MR) is 298 cm³/mol. The number of para-hydroxylation sites is 2. The maximum Gasteiger partial charge on any atom is 0.0726 e. The van der Waals surface area contributed by atoms with E-state index < -0.39 is 5.41 Å². The number of fused-ring (bicyclic) bond motifs is 15. The van der Waals surface area contributed by atoms with E-state index in [1.165, 1.54) is 110 Å². The molecule has 1 heterocycles. The molecule has 1 aromatic heterocycles. The standard InChI is InChI=1S/C69H44N2/c1-3-19-45(20-4-1)67-56-27-7-9-29-58(56)68(59-30-10-8-28-57(59)67)46-35-37-48(38-36-46)70(49-40-42-66-60(43-49)55-26-14-18-34-65(55)71(66)47-21-5-2-6-22-47)50-39-41-54-53-25-13-17-33-63(53)69(64(54)44-50)61-31-15-11-23-51(61)52-24-12-16-32-62(52)69/h1-44H. The summed E-state index contributed by atoms with van der Waals surface area (Å²) >= 11 is 0. The van der Waals surface area contributed by atoms with Crippen LogP contribution < -0.4 is 4.90 Å². The van der Waals surface area contributed by atoms with Crippen molar-refractivity contribution in [1.82, 2.24) is 4.57 Å². The third kappa shape index (κ3) is 5.65. The Morgan fingerprint density at radius 1 is 0.268 bits per heavy atom. The molecule has 0 saturated heterocycles. The van der Waals surface area contributed by atoms with Crippen molar-refractivity contribution >= 4 is 60.4 Å². The van der Waals surface area contributed by atoms with Gasteiger partial charge in [-0.1, -0.05) is 206 Å². The topological polar surface area (TPSA) is 8.17 Å². The number of hydrogen-bond acceptors (Lipinski definition) is 1. The van der Waals surface area contributed by atoms with Crippen molar-refractivity contribution in [3.63, 3.8) is 0 Å². The van der Waals surface area contributed by atoms with Crippen LogP contribution in [0, 0.1) is 0 Å². The van der Waals surface area contributed by atoms with E-state index in [9.17, 15) is 0 Å². The van der Waals surface area contributed by atoms with Gasteiger partial charge in [-0.05, 0) is 149 Å². The molecule has 0 radical (unpaired) electrons. The van der Waals surface area contributed by atoms with Crippen molar-refractivity contribution in [2.24, 2.45) is 0 Å². The number of aromatic nitrogens is 1. The summed E-state index contributed by atoms with van der Waals surface area (Å²) in [6.07, 6.45) is 0. The van der Waals surface area contributed by atoms with Crippen molar-refractivity contribution in [2.45, 2.75) is 5.41 Å². The predicted octanol–water partition coefficient (Wildman–Crippen LogP) is 18.2. The largest absolute Gasteiger partial charge is 0.310 e. The van der Waals surface area contributed by atoms with Crippen LogP contribution in [0.5, 0.6) is 0 Å². The zero-order valence-corrected chi connectivity index (χ0v) is 38.8. The van der Waals surface area contributed by atoms with Gasteiger partial charge >= 0.3 is 0 Å². The Labute approximate surface area is 412 Å². The van der Waals surface area contributed by atoms with Crippen LogP contribution in [0.4, 0.5) is 17.1 Å². The second-order valence-corrected chi connectivity index (χ2v) is 19.1. The molecule has 330 valence electrons. The fourth-order valence-corrected chi connectivity index (χ4v) is 12.8. The average Bonchev–Trinajstić information content (AvgIpc) is 4.05. The minimum Gasteiger partial charge on any atom is -0.310 e. The Kier molecular flexibility index (Phi) is 8.61. The first-order valence-corrected chi connectivity index (χ1v) is 24.7. The summed E-state index contributed by atoms with van der Waals surface area (Å²) < 4.78 is 2.40. The summed E-state index contributed by atoms with van der Waals surface area (Å²) in [7, 11) is 0. The molecule has 2 aliphatic carbocycles. The molecule has 1 spiro atoms. The molecule has 15 rings (SSSR count). The Morgan fingerprint density at radius 3 is 1.25 bits per heavy atom. The number of rotatable bonds is 6. The van der Waals surface area contributed by atoms with E-state index in [4.69, 9.17) is 0 Å². The quantitative estimate of drug-likeness (QED) is 0.151. The highest BCUT2D eigenvalue weighted by molar-refractivity contribution is 6.21. The van der Waals surface area contributed by atoms with Crippen LogP contribution in [0.3, 0.4) is 0 Å². The van der Waals surface area contributed by atoms with Crippen LogP contribution in [0.15, 0.2) is 267 Å². The summed E-state index contributed by atoms with van der Waals surface area (Å²) in [6, 6.07) is 99.1. The van der Waals surface area contributed by atoms with Gasteiger partial charge in [0.15, 0.2) is 0 Å². The summed E-state index contributed by atoms with van der Waals surface area (Å²) in [5.41, 5.74) is 21.8. The van der Waals surface area contributed by atoms with Crippen molar-refractivity contribution in [1.29, 1.82) is 0 Å². The Balaban J connectivity index is 0.968. The van der Waals surface area contributed by atoms with E-state index in [1.807, 2.05) is 0 Å². The van der Waals surface area contributed by atoms with Crippen LogP contribution in [-0.2, 0) is 5.41 Å². The Bertz CT molecular complexity index is 4160. The summed E-state index contributed by atoms with van der Waals surface area (Å²) in [6.45, 7) is 0. The first-order valence-electron chi connectivity index (χ1n) is 24.7. The number of benzene rings is 12. The normalized spacial score (nSPS) is 12.9.